The summed E-state index contributed by atoms with van der Waals surface area (Å²) in [7, 11) is 0. The summed E-state index contributed by atoms with van der Waals surface area (Å²) in [5.74, 6) is -1.98. The van der Waals surface area contributed by atoms with E-state index >= 15 is 0 Å². The minimum Gasteiger partial charge on any atom is -0.481 e. The highest BCUT2D eigenvalue weighted by atomic mass is 19.1. The fraction of sp³-hybridized carbons (Fsp3) is 0.364. The molecule has 1 aromatic rings. The maximum atomic E-state index is 13.5. The second kappa shape index (κ2) is 3.98. The molecule has 80 valence electrons. The molecular formula is C11H12FNO2. The number of rotatable bonds is 2. The molecule has 15 heavy (non-hydrogen) atoms. The van der Waals surface area contributed by atoms with Crippen LogP contribution in [0.2, 0.25) is 0 Å². The van der Waals surface area contributed by atoms with Gasteiger partial charge in [-0.3, -0.25) is 4.79 Å². The van der Waals surface area contributed by atoms with Crippen LogP contribution in [0.5, 0.6) is 0 Å². The van der Waals surface area contributed by atoms with E-state index in [2.05, 4.69) is 5.32 Å². The molecule has 0 spiro atoms. The van der Waals surface area contributed by atoms with Gasteiger partial charge >= 0.3 is 5.97 Å². The molecule has 0 aromatic heterocycles. The van der Waals surface area contributed by atoms with Gasteiger partial charge in [0.15, 0.2) is 0 Å². The molecule has 0 unspecified atom stereocenters. The molecule has 1 aliphatic heterocycles. The molecule has 1 aromatic carbocycles. The fourth-order valence-corrected chi connectivity index (χ4v) is 2.04. The lowest BCUT2D eigenvalue weighted by Gasteiger charge is -2.15. The van der Waals surface area contributed by atoms with E-state index < -0.39 is 11.9 Å². The van der Waals surface area contributed by atoms with E-state index in [4.69, 9.17) is 5.11 Å². The number of nitrogens with one attached hydrogen (secondary N) is 1. The third kappa shape index (κ3) is 1.85. The lowest BCUT2D eigenvalue weighted by Crippen LogP contribution is -2.21. The Labute approximate surface area is 86.9 Å². The highest BCUT2D eigenvalue weighted by molar-refractivity contribution is 5.72. The van der Waals surface area contributed by atoms with Crippen LogP contribution >= 0.6 is 0 Å². The van der Waals surface area contributed by atoms with Crippen LogP contribution in [0.4, 0.5) is 4.39 Å². The van der Waals surface area contributed by atoms with Crippen LogP contribution in [0.1, 0.15) is 11.5 Å². The van der Waals surface area contributed by atoms with Crippen molar-refractivity contribution in [2.45, 2.75) is 5.92 Å². The Balaban J connectivity index is 2.30. The Morgan fingerprint density at radius 1 is 1.40 bits per heavy atom. The molecule has 2 rings (SSSR count). The van der Waals surface area contributed by atoms with Crippen molar-refractivity contribution < 1.29 is 14.3 Å². The predicted octanol–water partition coefficient (Wildman–Crippen LogP) is 1.21. The summed E-state index contributed by atoms with van der Waals surface area (Å²) in [4.78, 5) is 10.9. The Bertz CT molecular complexity index is 381. The minimum absolute atomic E-state index is 0.260. The number of carboxylic acid groups (broad SMARTS) is 1. The number of hydrogen-bond acceptors (Lipinski definition) is 2. The topological polar surface area (TPSA) is 49.3 Å². The number of carboxylic acids is 1. The van der Waals surface area contributed by atoms with E-state index in [1.807, 2.05) is 0 Å². The Hall–Kier alpha value is -1.42. The molecule has 1 fully saturated rings. The molecule has 3 nitrogen and oxygen atoms in total. The number of hydrogen-bond donors (Lipinski definition) is 2. The average molecular weight is 209 g/mol. The first kappa shape index (κ1) is 10.1. The van der Waals surface area contributed by atoms with Crippen LogP contribution in [0.15, 0.2) is 24.3 Å². The van der Waals surface area contributed by atoms with Gasteiger partial charge in [0.1, 0.15) is 5.82 Å². The predicted molar refractivity (Wildman–Crippen MR) is 53.1 cm³/mol. The lowest BCUT2D eigenvalue weighted by molar-refractivity contribution is -0.141. The summed E-state index contributed by atoms with van der Waals surface area (Å²) in [6, 6.07) is 6.36. The summed E-state index contributed by atoms with van der Waals surface area (Å²) in [5, 5.41) is 12.0. The zero-order valence-electron chi connectivity index (χ0n) is 8.11. The van der Waals surface area contributed by atoms with Crippen LogP contribution in [-0.4, -0.2) is 24.2 Å². The molecule has 0 bridgehead atoms. The molecule has 0 aliphatic carbocycles. The molecule has 1 saturated heterocycles. The highest BCUT2D eigenvalue weighted by Crippen LogP contribution is 2.29. The Kier molecular flexibility index (Phi) is 2.68. The molecule has 0 amide bonds. The van der Waals surface area contributed by atoms with Crippen LogP contribution in [-0.2, 0) is 4.79 Å². The van der Waals surface area contributed by atoms with Crippen LogP contribution in [0.3, 0.4) is 0 Å². The normalized spacial score (nSPS) is 25.4. The van der Waals surface area contributed by atoms with Crippen LogP contribution in [0, 0.1) is 11.7 Å². The highest BCUT2D eigenvalue weighted by Gasteiger charge is 2.35. The molecule has 1 aliphatic rings. The lowest BCUT2D eigenvalue weighted by atomic mass is 9.89. The summed E-state index contributed by atoms with van der Waals surface area (Å²) >= 11 is 0. The van der Waals surface area contributed by atoms with Crippen molar-refractivity contribution in [3.8, 4) is 0 Å². The summed E-state index contributed by atoms with van der Waals surface area (Å²) < 4.78 is 13.5. The standard InChI is InChI=1S/C11H12FNO2/c12-10-4-2-1-3-7(10)8-5-13-6-9(8)11(14)15/h1-4,8-9,13H,5-6H2,(H,14,15)/t8-,9+/m1/s1. The van der Waals surface area contributed by atoms with Gasteiger partial charge in [0.25, 0.3) is 0 Å². The molecule has 0 saturated carbocycles. The fourth-order valence-electron chi connectivity index (χ4n) is 2.04. The summed E-state index contributed by atoms with van der Waals surface area (Å²) in [6.45, 7) is 0.937. The largest absolute Gasteiger partial charge is 0.481 e. The van der Waals surface area contributed by atoms with Gasteiger partial charge in [-0.1, -0.05) is 18.2 Å². The molecular weight excluding hydrogens is 197 g/mol. The smallest absolute Gasteiger partial charge is 0.308 e. The quantitative estimate of drug-likeness (QED) is 0.769. The van der Waals surface area contributed by atoms with Crippen molar-refractivity contribution in [3.05, 3.63) is 35.6 Å². The van der Waals surface area contributed by atoms with Gasteiger partial charge in [0, 0.05) is 19.0 Å². The van der Waals surface area contributed by atoms with Gasteiger partial charge in [-0.25, -0.2) is 4.39 Å². The molecule has 2 atom stereocenters. The average Bonchev–Trinajstić information content (AvgIpc) is 2.67. The second-order valence-corrected chi connectivity index (χ2v) is 3.73. The van der Waals surface area contributed by atoms with Crippen molar-refractivity contribution in [3.63, 3.8) is 0 Å². The third-order valence-corrected chi connectivity index (χ3v) is 2.84. The van der Waals surface area contributed by atoms with Crippen molar-refractivity contribution in [1.29, 1.82) is 0 Å². The van der Waals surface area contributed by atoms with E-state index in [0.29, 0.717) is 18.7 Å². The van der Waals surface area contributed by atoms with E-state index in [-0.39, 0.29) is 11.7 Å². The monoisotopic (exact) mass is 209 g/mol. The number of aliphatic carboxylic acids is 1. The first-order chi connectivity index (χ1) is 7.20. The van der Waals surface area contributed by atoms with Gasteiger partial charge < -0.3 is 10.4 Å². The summed E-state index contributed by atoms with van der Waals surface area (Å²) in [5.41, 5.74) is 0.495. The van der Waals surface area contributed by atoms with E-state index in [1.54, 1.807) is 18.2 Å². The molecule has 2 N–H and O–H groups in total. The zero-order chi connectivity index (χ0) is 10.8. The zero-order valence-corrected chi connectivity index (χ0v) is 8.11. The number of halogens is 1. The van der Waals surface area contributed by atoms with Crippen LogP contribution in [0.25, 0.3) is 0 Å². The second-order valence-electron chi connectivity index (χ2n) is 3.73. The Morgan fingerprint density at radius 2 is 2.13 bits per heavy atom. The SMILES string of the molecule is O=C(O)[C@H]1CNC[C@@H]1c1ccccc1F. The van der Waals surface area contributed by atoms with Gasteiger partial charge in [0.05, 0.1) is 5.92 Å². The van der Waals surface area contributed by atoms with Crippen molar-refractivity contribution in [2.75, 3.05) is 13.1 Å². The Morgan fingerprint density at radius 3 is 2.80 bits per heavy atom. The van der Waals surface area contributed by atoms with Gasteiger partial charge in [-0.15, -0.1) is 0 Å². The number of benzene rings is 1. The molecule has 0 radical (unpaired) electrons. The number of carbonyl (C=O) groups is 1. The maximum Gasteiger partial charge on any atom is 0.308 e. The van der Waals surface area contributed by atoms with Crippen LogP contribution < -0.4 is 5.32 Å². The molecule has 1 heterocycles. The van der Waals surface area contributed by atoms with Crippen molar-refractivity contribution >= 4 is 5.97 Å². The van der Waals surface area contributed by atoms with Crippen molar-refractivity contribution in [1.82, 2.24) is 5.32 Å². The first-order valence-corrected chi connectivity index (χ1v) is 4.88. The first-order valence-electron chi connectivity index (χ1n) is 4.88. The van der Waals surface area contributed by atoms with E-state index in [1.165, 1.54) is 6.07 Å². The minimum atomic E-state index is -0.867. The third-order valence-electron chi connectivity index (χ3n) is 2.84. The maximum absolute atomic E-state index is 13.5. The van der Waals surface area contributed by atoms with Gasteiger partial charge in [-0.2, -0.15) is 0 Å². The van der Waals surface area contributed by atoms with E-state index in [0.717, 1.165) is 0 Å². The molecule has 4 heteroatoms. The van der Waals surface area contributed by atoms with Gasteiger partial charge in [0.2, 0.25) is 0 Å². The van der Waals surface area contributed by atoms with Gasteiger partial charge in [-0.05, 0) is 11.6 Å². The summed E-state index contributed by atoms with van der Waals surface area (Å²) in [6.07, 6.45) is 0. The van der Waals surface area contributed by atoms with Crippen molar-refractivity contribution in [2.24, 2.45) is 5.92 Å². The van der Waals surface area contributed by atoms with E-state index in [9.17, 15) is 9.18 Å².